The van der Waals surface area contributed by atoms with Crippen LogP contribution in [-0.2, 0) is 27.8 Å². The van der Waals surface area contributed by atoms with Gasteiger partial charge in [-0.1, -0.05) is 0 Å². The third kappa shape index (κ3) is 3.75. The maximum absolute atomic E-state index is 12.4. The van der Waals surface area contributed by atoms with Crippen molar-refractivity contribution < 1.29 is 13.2 Å². The van der Waals surface area contributed by atoms with E-state index in [2.05, 4.69) is 15.0 Å². The van der Waals surface area contributed by atoms with E-state index in [0.717, 1.165) is 11.1 Å². The van der Waals surface area contributed by atoms with Crippen LogP contribution in [0.15, 0.2) is 47.6 Å². The molecular weight excluding hydrogens is 314 g/mol. The molecule has 7 heteroatoms. The third-order valence-electron chi connectivity index (χ3n) is 3.73. The fourth-order valence-corrected chi connectivity index (χ4v) is 3.55. The Balaban J connectivity index is 1.80. The fraction of sp³-hybridized carbons (Fsp3) is 0.250. The van der Waals surface area contributed by atoms with Crippen LogP contribution in [0.5, 0.6) is 0 Å². The van der Waals surface area contributed by atoms with Gasteiger partial charge in [0, 0.05) is 31.0 Å². The van der Waals surface area contributed by atoms with Crippen molar-refractivity contribution in [2.45, 2.75) is 30.7 Å². The molecule has 1 amide bonds. The van der Waals surface area contributed by atoms with Crippen LogP contribution in [0.4, 0.5) is 5.69 Å². The van der Waals surface area contributed by atoms with Crippen molar-refractivity contribution in [2.75, 3.05) is 5.32 Å². The van der Waals surface area contributed by atoms with Gasteiger partial charge in [-0.3, -0.25) is 9.78 Å². The van der Waals surface area contributed by atoms with Gasteiger partial charge in [-0.05, 0) is 54.3 Å². The smallest absolute Gasteiger partial charge is 0.240 e. The Morgan fingerprint density at radius 2 is 1.91 bits per heavy atom. The summed E-state index contributed by atoms with van der Waals surface area (Å²) in [5.74, 6) is -0.0323. The number of aromatic nitrogens is 1. The van der Waals surface area contributed by atoms with Gasteiger partial charge in [0.05, 0.1) is 4.90 Å². The minimum Gasteiger partial charge on any atom is -0.326 e. The Morgan fingerprint density at radius 1 is 1.13 bits per heavy atom. The molecule has 0 saturated heterocycles. The van der Waals surface area contributed by atoms with Gasteiger partial charge in [-0.2, -0.15) is 0 Å². The van der Waals surface area contributed by atoms with E-state index in [1.54, 1.807) is 36.7 Å². The second kappa shape index (κ2) is 6.47. The summed E-state index contributed by atoms with van der Waals surface area (Å²) < 4.78 is 27.4. The lowest BCUT2D eigenvalue weighted by Gasteiger charge is -2.11. The zero-order chi connectivity index (χ0) is 16.3. The number of hydrogen-bond acceptors (Lipinski definition) is 4. The molecule has 120 valence electrons. The number of amides is 1. The van der Waals surface area contributed by atoms with Gasteiger partial charge >= 0.3 is 0 Å². The minimum absolute atomic E-state index is 0.0323. The first kappa shape index (κ1) is 15.6. The molecule has 1 aromatic carbocycles. The summed E-state index contributed by atoms with van der Waals surface area (Å²) in [7, 11) is -3.60. The van der Waals surface area contributed by atoms with Crippen molar-refractivity contribution in [3.8, 4) is 0 Å². The van der Waals surface area contributed by atoms with Gasteiger partial charge in [0.25, 0.3) is 0 Å². The lowest BCUT2D eigenvalue weighted by Crippen LogP contribution is -2.23. The summed E-state index contributed by atoms with van der Waals surface area (Å²) in [6, 6.07) is 8.32. The average Bonchev–Trinajstić information content (AvgIpc) is 2.74. The maximum Gasteiger partial charge on any atom is 0.240 e. The zero-order valence-corrected chi connectivity index (χ0v) is 13.3. The van der Waals surface area contributed by atoms with E-state index < -0.39 is 10.0 Å². The number of carbonyl (C=O) groups is 1. The van der Waals surface area contributed by atoms with Crippen LogP contribution >= 0.6 is 0 Å². The number of anilines is 1. The molecule has 1 aliphatic rings. The predicted molar refractivity (Wildman–Crippen MR) is 86.3 cm³/mol. The molecule has 0 fully saturated rings. The fourth-order valence-electron chi connectivity index (χ4n) is 2.48. The molecule has 0 spiro atoms. The summed E-state index contributed by atoms with van der Waals surface area (Å²) in [6.45, 7) is 0.207. The largest absolute Gasteiger partial charge is 0.326 e. The van der Waals surface area contributed by atoms with E-state index in [0.29, 0.717) is 24.9 Å². The highest BCUT2D eigenvalue weighted by Gasteiger charge is 2.18. The highest BCUT2D eigenvalue weighted by molar-refractivity contribution is 7.89. The molecular formula is C16H17N3O3S. The minimum atomic E-state index is -3.60. The summed E-state index contributed by atoms with van der Waals surface area (Å²) in [6.07, 6.45) is 5.09. The Hall–Kier alpha value is -2.25. The van der Waals surface area contributed by atoms with Crippen molar-refractivity contribution in [3.05, 3.63) is 53.9 Å². The number of fused-ring (bicyclic) bond motifs is 1. The molecule has 0 bridgehead atoms. The second-order valence-electron chi connectivity index (χ2n) is 5.40. The van der Waals surface area contributed by atoms with Crippen LogP contribution in [0.25, 0.3) is 0 Å². The molecule has 3 rings (SSSR count). The molecule has 0 saturated carbocycles. The van der Waals surface area contributed by atoms with Gasteiger partial charge < -0.3 is 5.32 Å². The Kier molecular flexibility index (Phi) is 4.40. The average molecular weight is 331 g/mol. The van der Waals surface area contributed by atoms with Crippen molar-refractivity contribution >= 4 is 21.6 Å². The normalized spacial score (nSPS) is 14.7. The van der Waals surface area contributed by atoms with Crippen molar-refractivity contribution in [3.63, 3.8) is 0 Å². The van der Waals surface area contributed by atoms with Crippen molar-refractivity contribution in [2.24, 2.45) is 0 Å². The van der Waals surface area contributed by atoms with Gasteiger partial charge in [-0.25, -0.2) is 13.1 Å². The maximum atomic E-state index is 12.4. The molecule has 6 nitrogen and oxygen atoms in total. The first-order chi connectivity index (χ1) is 11.0. The highest BCUT2D eigenvalue weighted by Crippen LogP contribution is 2.25. The van der Waals surface area contributed by atoms with E-state index in [4.69, 9.17) is 0 Å². The Labute approximate surface area is 135 Å². The number of hydrogen-bond donors (Lipinski definition) is 2. The van der Waals surface area contributed by atoms with Crippen LogP contribution in [0.2, 0.25) is 0 Å². The van der Waals surface area contributed by atoms with Crippen LogP contribution in [-0.4, -0.2) is 19.3 Å². The van der Waals surface area contributed by atoms with E-state index in [1.165, 1.54) is 6.07 Å². The molecule has 2 N–H and O–H groups in total. The van der Waals surface area contributed by atoms with Crippen LogP contribution < -0.4 is 10.0 Å². The molecule has 0 unspecified atom stereocenters. The molecule has 2 heterocycles. The van der Waals surface area contributed by atoms with Crippen LogP contribution in [0, 0.1) is 0 Å². The number of rotatable bonds is 4. The third-order valence-corrected chi connectivity index (χ3v) is 5.13. The number of sulfonamides is 1. The quantitative estimate of drug-likeness (QED) is 0.895. The van der Waals surface area contributed by atoms with Crippen LogP contribution in [0.1, 0.15) is 24.0 Å². The number of nitrogens with zero attached hydrogens (tertiary/aromatic N) is 1. The highest BCUT2D eigenvalue weighted by atomic mass is 32.2. The molecule has 1 aliphatic heterocycles. The lowest BCUT2D eigenvalue weighted by molar-refractivity contribution is -0.116. The van der Waals surface area contributed by atoms with Gasteiger partial charge in [0.1, 0.15) is 0 Å². The lowest BCUT2D eigenvalue weighted by atomic mass is 10.1. The Bertz CT molecular complexity index is 820. The molecule has 0 atom stereocenters. The summed E-state index contributed by atoms with van der Waals surface area (Å²) in [5.41, 5.74) is 2.38. The van der Waals surface area contributed by atoms with Crippen LogP contribution in [0.3, 0.4) is 0 Å². The topological polar surface area (TPSA) is 88.2 Å². The zero-order valence-electron chi connectivity index (χ0n) is 12.5. The molecule has 0 radical (unpaired) electrons. The number of carbonyl (C=O) groups excluding carboxylic acids is 1. The Morgan fingerprint density at radius 3 is 2.70 bits per heavy atom. The van der Waals surface area contributed by atoms with E-state index in [-0.39, 0.29) is 17.3 Å². The number of nitrogens with one attached hydrogen (secondary N) is 2. The number of pyridine rings is 1. The first-order valence-electron chi connectivity index (χ1n) is 7.36. The predicted octanol–water partition coefficient (Wildman–Crippen LogP) is 1.83. The van der Waals surface area contributed by atoms with Gasteiger partial charge in [-0.15, -0.1) is 0 Å². The van der Waals surface area contributed by atoms with Crippen molar-refractivity contribution in [1.82, 2.24) is 9.71 Å². The first-order valence-corrected chi connectivity index (χ1v) is 8.84. The number of benzene rings is 1. The SMILES string of the molecule is O=C1CCCc2cc(S(=O)(=O)NCc3ccncc3)ccc2N1. The van der Waals surface area contributed by atoms with E-state index in [1.807, 2.05) is 0 Å². The van der Waals surface area contributed by atoms with Crippen molar-refractivity contribution in [1.29, 1.82) is 0 Å². The summed E-state index contributed by atoms with van der Waals surface area (Å²) >= 11 is 0. The van der Waals surface area contributed by atoms with E-state index in [9.17, 15) is 13.2 Å². The summed E-state index contributed by atoms with van der Waals surface area (Å²) in [4.78, 5) is 15.6. The van der Waals surface area contributed by atoms with Gasteiger partial charge in [0.2, 0.25) is 15.9 Å². The number of aryl methyl sites for hydroxylation is 1. The second-order valence-corrected chi connectivity index (χ2v) is 7.17. The standard InChI is InChI=1S/C16H17N3O3S/c20-16-3-1-2-13-10-14(4-5-15(13)19-16)23(21,22)18-11-12-6-8-17-9-7-12/h4-10,18H,1-3,11H2,(H,19,20). The molecule has 23 heavy (non-hydrogen) atoms. The van der Waals surface area contributed by atoms with E-state index >= 15 is 0 Å². The molecule has 2 aromatic rings. The molecule has 0 aliphatic carbocycles. The van der Waals surface area contributed by atoms with Gasteiger partial charge in [0.15, 0.2) is 0 Å². The molecule has 1 aromatic heterocycles. The monoisotopic (exact) mass is 331 g/mol. The summed E-state index contributed by atoms with van der Waals surface area (Å²) in [5, 5.41) is 2.80.